The zero-order valence-electron chi connectivity index (χ0n) is 16.6. The predicted molar refractivity (Wildman–Crippen MR) is 105 cm³/mol. The van der Waals surface area contributed by atoms with Crippen LogP contribution in [0.4, 0.5) is 0 Å². The number of aliphatic carboxylic acids is 1. The number of carboxylic acid groups (broad SMARTS) is 1. The third-order valence-electron chi connectivity index (χ3n) is 4.42. The molecule has 0 spiro atoms. The van der Waals surface area contributed by atoms with Crippen molar-refractivity contribution in [3.8, 4) is 0 Å². The maximum absolute atomic E-state index is 12.1. The molecule has 1 aliphatic heterocycles. The molecule has 1 atom stereocenters. The van der Waals surface area contributed by atoms with Crippen molar-refractivity contribution < 1.29 is 29.1 Å². The predicted octanol–water partition coefficient (Wildman–Crippen LogP) is 0.251. The van der Waals surface area contributed by atoms with E-state index >= 15 is 0 Å². The highest BCUT2D eigenvalue weighted by molar-refractivity contribution is 8.01. The number of nitrogens with zero attached hydrogens (tertiary/aromatic N) is 2. The van der Waals surface area contributed by atoms with E-state index in [9.17, 15) is 24.0 Å². The van der Waals surface area contributed by atoms with Crippen molar-refractivity contribution in [2.45, 2.75) is 44.4 Å². The first kappa shape index (κ1) is 23.7. The maximum atomic E-state index is 12.1. The summed E-state index contributed by atoms with van der Waals surface area (Å²) in [6, 6.07) is -0.890. The van der Waals surface area contributed by atoms with Gasteiger partial charge in [-0.15, -0.1) is 11.8 Å². The van der Waals surface area contributed by atoms with Gasteiger partial charge in [-0.1, -0.05) is 13.8 Å². The van der Waals surface area contributed by atoms with Gasteiger partial charge in [0, 0.05) is 43.5 Å². The molecular weight excluding hydrogens is 386 g/mol. The fourth-order valence-electron chi connectivity index (χ4n) is 2.31. The van der Waals surface area contributed by atoms with E-state index in [1.165, 1.54) is 42.8 Å². The topological polar surface area (TPSA) is 124 Å². The second-order valence-corrected chi connectivity index (χ2v) is 8.76. The van der Waals surface area contributed by atoms with Crippen molar-refractivity contribution >= 4 is 41.4 Å². The van der Waals surface area contributed by atoms with Crippen LogP contribution in [0.5, 0.6) is 0 Å². The number of likely N-dealkylation sites (N-methyl/N-ethyl adjacent to an activating group) is 1. The van der Waals surface area contributed by atoms with Crippen molar-refractivity contribution in [3.05, 3.63) is 12.2 Å². The number of imide groups is 1. The zero-order chi connectivity index (χ0) is 21.5. The van der Waals surface area contributed by atoms with Gasteiger partial charge in [-0.05, 0) is 13.3 Å². The Balaban J connectivity index is 2.31. The highest BCUT2D eigenvalue weighted by Gasteiger charge is 2.26. The average molecular weight is 413 g/mol. The summed E-state index contributed by atoms with van der Waals surface area (Å²) in [7, 11) is 1.46. The van der Waals surface area contributed by atoms with Crippen molar-refractivity contribution in [2.24, 2.45) is 0 Å². The second kappa shape index (κ2) is 10.3. The minimum Gasteiger partial charge on any atom is -0.480 e. The van der Waals surface area contributed by atoms with E-state index in [0.717, 1.165) is 4.90 Å². The summed E-state index contributed by atoms with van der Waals surface area (Å²) in [5.74, 6) is -2.16. The molecule has 28 heavy (non-hydrogen) atoms. The molecule has 2 N–H and O–H groups in total. The summed E-state index contributed by atoms with van der Waals surface area (Å²) in [6.45, 7) is 5.56. The first-order valence-corrected chi connectivity index (χ1v) is 9.86. The van der Waals surface area contributed by atoms with Crippen molar-refractivity contribution in [3.63, 3.8) is 0 Å². The molecule has 156 valence electrons. The number of carbonyl (C=O) groups is 5. The van der Waals surface area contributed by atoms with E-state index in [1.807, 2.05) is 13.8 Å². The van der Waals surface area contributed by atoms with Crippen molar-refractivity contribution in [1.29, 1.82) is 0 Å². The largest absolute Gasteiger partial charge is 0.480 e. The van der Waals surface area contributed by atoms with E-state index in [4.69, 9.17) is 5.11 Å². The van der Waals surface area contributed by atoms with Crippen LogP contribution in [-0.2, 0) is 24.0 Å². The zero-order valence-corrected chi connectivity index (χ0v) is 17.4. The normalized spacial score (nSPS) is 14.9. The fourth-order valence-corrected chi connectivity index (χ4v) is 3.18. The fraction of sp³-hybridized carbons (Fsp3) is 0.611. The van der Waals surface area contributed by atoms with Gasteiger partial charge in [-0.2, -0.15) is 0 Å². The number of nitrogens with one attached hydrogen (secondary N) is 1. The number of hydrogen-bond acceptors (Lipinski definition) is 6. The summed E-state index contributed by atoms with van der Waals surface area (Å²) >= 11 is 1.38. The number of amides is 4. The van der Waals surface area contributed by atoms with Gasteiger partial charge < -0.3 is 15.3 Å². The van der Waals surface area contributed by atoms with Crippen LogP contribution in [0, 0.1) is 0 Å². The quantitative estimate of drug-likeness (QED) is 0.465. The smallest absolute Gasteiger partial charge is 0.326 e. The van der Waals surface area contributed by atoms with E-state index in [2.05, 4.69) is 5.32 Å². The van der Waals surface area contributed by atoms with Gasteiger partial charge in [-0.25, -0.2) is 4.79 Å². The van der Waals surface area contributed by atoms with Gasteiger partial charge in [0.05, 0.1) is 5.75 Å². The van der Waals surface area contributed by atoms with E-state index < -0.39 is 12.0 Å². The molecule has 0 saturated carbocycles. The summed E-state index contributed by atoms with van der Waals surface area (Å²) in [5.41, 5.74) is 0. The number of thioether (sulfide) groups is 1. The molecule has 9 nitrogen and oxygen atoms in total. The molecule has 1 heterocycles. The molecule has 0 fully saturated rings. The first-order chi connectivity index (χ1) is 12.9. The highest BCUT2D eigenvalue weighted by atomic mass is 32.2. The number of carbonyl (C=O) groups excluding carboxylic acids is 4. The van der Waals surface area contributed by atoms with Crippen LogP contribution in [0.1, 0.15) is 33.6 Å². The van der Waals surface area contributed by atoms with Gasteiger partial charge in [0.1, 0.15) is 6.04 Å². The molecule has 0 unspecified atom stereocenters. The summed E-state index contributed by atoms with van der Waals surface area (Å²) in [4.78, 5) is 60.1. The molecule has 0 aromatic carbocycles. The van der Waals surface area contributed by atoms with Crippen LogP contribution < -0.4 is 5.32 Å². The highest BCUT2D eigenvalue weighted by Crippen LogP contribution is 2.29. The van der Waals surface area contributed by atoms with Gasteiger partial charge in [0.2, 0.25) is 11.8 Å². The Hall–Kier alpha value is -2.36. The molecule has 10 heteroatoms. The monoisotopic (exact) mass is 413 g/mol. The molecule has 0 saturated heterocycles. The minimum absolute atomic E-state index is 0.118. The SMILES string of the molecule is C[C@@H](C(=O)O)N(C)C(=O)CCC(C)(C)SCC(=O)NCCN1C(=O)C=CC1=O. The van der Waals surface area contributed by atoms with Crippen LogP contribution in [-0.4, -0.2) is 81.2 Å². The molecule has 0 radical (unpaired) electrons. The lowest BCUT2D eigenvalue weighted by molar-refractivity contribution is -0.148. The lowest BCUT2D eigenvalue weighted by atomic mass is 10.1. The second-order valence-electron chi connectivity index (χ2n) is 7.08. The third kappa shape index (κ3) is 7.34. The van der Waals surface area contributed by atoms with Crippen LogP contribution in [0.15, 0.2) is 12.2 Å². The van der Waals surface area contributed by atoms with Crippen LogP contribution in [0.2, 0.25) is 0 Å². The van der Waals surface area contributed by atoms with Crippen LogP contribution in [0.25, 0.3) is 0 Å². The van der Waals surface area contributed by atoms with E-state index in [0.29, 0.717) is 6.42 Å². The van der Waals surface area contributed by atoms with Crippen LogP contribution >= 0.6 is 11.8 Å². The Bertz CT molecular complexity index is 658. The van der Waals surface area contributed by atoms with Gasteiger partial charge in [0.15, 0.2) is 0 Å². The Morgan fingerprint density at radius 1 is 1.25 bits per heavy atom. The molecule has 0 aliphatic carbocycles. The molecule has 4 amide bonds. The number of carboxylic acids is 1. The third-order valence-corrected chi connectivity index (χ3v) is 5.82. The number of rotatable bonds is 11. The van der Waals surface area contributed by atoms with E-state index in [1.54, 1.807) is 0 Å². The molecular formula is C18H27N3O6S. The average Bonchev–Trinajstić information content (AvgIpc) is 2.95. The van der Waals surface area contributed by atoms with Crippen LogP contribution in [0.3, 0.4) is 0 Å². The Morgan fingerprint density at radius 2 is 1.82 bits per heavy atom. The Morgan fingerprint density at radius 3 is 2.36 bits per heavy atom. The summed E-state index contributed by atoms with van der Waals surface area (Å²) in [6.07, 6.45) is 3.06. The van der Waals surface area contributed by atoms with Gasteiger partial charge in [-0.3, -0.25) is 24.1 Å². The van der Waals surface area contributed by atoms with Crippen molar-refractivity contribution in [1.82, 2.24) is 15.1 Å². The molecule has 0 aromatic heterocycles. The summed E-state index contributed by atoms with van der Waals surface area (Å²) < 4.78 is -0.356. The Labute approximate surface area is 168 Å². The first-order valence-electron chi connectivity index (χ1n) is 8.87. The molecule has 0 aromatic rings. The summed E-state index contributed by atoms with van der Waals surface area (Å²) in [5, 5.41) is 11.6. The number of hydrogen-bond donors (Lipinski definition) is 2. The molecule has 1 aliphatic rings. The van der Waals surface area contributed by atoms with Gasteiger partial charge >= 0.3 is 5.97 Å². The maximum Gasteiger partial charge on any atom is 0.326 e. The lowest BCUT2D eigenvalue weighted by Crippen LogP contribution is -2.40. The minimum atomic E-state index is -1.06. The molecule has 1 rings (SSSR count). The Kier molecular flexibility index (Phi) is 8.67. The standard InChI is InChI=1S/C18H27N3O6S/c1-12(17(26)27)20(4)14(23)7-8-18(2,3)28-11-13(22)19-9-10-21-15(24)5-6-16(21)25/h5-6,12H,7-11H2,1-4H3,(H,19,22)(H,26,27)/t12-/m0/s1. The lowest BCUT2D eigenvalue weighted by Gasteiger charge is -2.26. The van der Waals surface area contributed by atoms with Crippen molar-refractivity contribution in [2.75, 3.05) is 25.9 Å². The van der Waals surface area contributed by atoms with E-state index in [-0.39, 0.29) is 53.6 Å². The molecule has 0 bridgehead atoms. The van der Waals surface area contributed by atoms with Gasteiger partial charge in [0.25, 0.3) is 11.8 Å².